The Morgan fingerprint density at radius 2 is 1.91 bits per heavy atom. The minimum absolute atomic E-state index is 0.0110. The minimum Gasteiger partial charge on any atom is -0.497 e. The second kappa shape index (κ2) is 6.92. The van der Waals surface area contributed by atoms with Gasteiger partial charge in [-0.25, -0.2) is 13.3 Å². The summed E-state index contributed by atoms with van der Waals surface area (Å²) in [5.41, 5.74) is 0.0110. The third-order valence-corrected chi connectivity index (χ3v) is 4.97. The van der Waals surface area contributed by atoms with Crippen molar-refractivity contribution < 1.29 is 27.6 Å². The standard InChI is InChI=1S/C15H21F2NO4S/c1-14(2,3)23(21)18(4)12(15(16,17)13(19)20)10-7-6-8-11(9-10)22-5/h6-9,12H,1-5H3,(H,19,20)/t12-,23+/m1/s1. The third-order valence-electron chi connectivity index (χ3n) is 3.19. The van der Waals surface area contributed by atoms with E-state index in [0.717, 1.165) is 4.31 Å². The molecule has 0 bridgehead atoms. The minimum atomic E-state index is -4.12. The fourth-order valence-corrected chi connectivity index (χ4v) is 3.41. The van der Waals surface area contributed by atoms with Crippen LogP contribution in [-0.2, 0) is 15.8 Å². The molecule has 0 amide bonds. The zero-order chi connectivity index (χ0) is 18.0. The predicted octanol–water partition coefficient (Wildman–Crippen LogP) is 2.85. The molecule has 1 rings (SSSR count). The van der Waals surface area contributed by atoms with Gasteiger partial charge in [0.1, 0.15) is 22.8 Å². The van der Waals surface area contributed by atoms with Gasteiger partial charge in [0, 0.05) is 7.05 Å². The van der Waals surface area contributed by atoms with E-state index in [9.17, 15) is 17.8 Å². The van der Waals surface area contributed by atoms with Crippen LogP contribution in [0.1, 0.15) is 32.4 Å². The van der Waals surface area contributed by atoms with Crippen LogP contribution in [0.4, 0.5) is 8.78 Å². The van der Waals surface area contributed by atoms with Crippen molar-refractivity contribution in [2.24, 2.45) is 0 Å². The quantitative estimate of drug-likeness (QED) is 0.858. The van der Waals surface area contributed by atoms with Crippen molar-refractivity contribution >= 4 is 17.0 Å². The Hall–Kier alpha value is -1.54. The van der Waals surface area contributed by atoms with Crippen LogP contribution in [0, 0.1) is 0 Å². The number of rotatable bonds is 6. The van der Waals surface area contributed by atoms with Crippen LogP contribution in [0.25, 0.3) is 0 Å². The number of hydrogen-bond donors (Lipinski definition) is 1. The fraction of sp³-hybridized carbons (Fsp3) is 0.533. The highest BCUT2D eigenvalue weighted by atomic mass is 32.2. The fourth-order valence-electron chi connectivity index (χ4n) is 2.10. The summed E-state index contributed by atoms with van der Waals surface area (Å²) >= 11 is 0. The molecule has 8 heteroatoms. The first-order valence-corrected chi connectivity index (χ1v) is 7.93. The molecule has 0 heterocycles. The van der Waals surface area contributed by atoms with Crippen LogP contribution >= 0.6 is 0 Å². The van der Waals surface area contributed by atoms with E-state index in [1.165, 1.54) is 32.4 Å². The molecule has 0 aliphatic heterocycles. The van der Waals surface area contributed by atoms with E-state index in [1.807, 2.05) is 0 Å². The highest BCUT2D eigenvalue weighted by Crippen LogP contribution is 2.39. The lowest BCUT2D eigenvalue weighted by Gasteiger charge is -2.35. The zero-order valence-corrected chi connectivity index (χ0v) is 14.5. The Kier molecular flexibility index (Phi) is 5.87. The summed E-state index contributed by atoms with van der Waals surface area (Å²) in [6, 6.07) is 3.82. The smallest absolute Gasteiger partial charge is 0.376 e. The Morgan fingerprint density at radius 3 is 2.35 bits per heavy atom. The molecule has 2 atom stereocenters. The molecular formula is C15H21F2NO4S. The maximum atomic E-state index is 14.3. The van der Waals surface area contributed by atoms with E-state index in [1.54, 1.807) is 26.8 Å². The van der Waals surface area contributed by atoms with Crippen molar-refractivity contribution in [1.29, 1.82) is 0 Å². The van der Waals surface area contributed by atoms with E-state index < -0.39 is 33.7 Å². The van der Waals surface area contributed by atoms with Gasteiger partial charge in [0.05, 0.1) is 11.9 Å². The number of hydrogen-bond acceptors (Lipinski definition) is 3. The second-order valence-electron chi connectivity index (χ2n) is 6.01. The number of nitrogens with zero attached hydrogens (tertiary/aromatic N) is 1. The molecule has 23 heavy (non-hydrogen) atoms. The molecular weight excluding hydrogens is 328 g/mol. The van der Waals surface area contributed by atoms with Gasteiger partial charge < -0.3 is 9.84 Å². The number of carboxylic acids is 1. The SMILES string of the molecule is COc1cccc([C@@H](N(C)[S@@](=O)C(C)(C)C)C(F)(F)C(=O)O)c1. The molecule has 0 aliphatic rings. The number of ether oxygens (including phenoxy) is 1. The van der Waals surface area contributed by atoms with Crippen LogP contribution in [0.3, 0.4) is 0 Å². The van der Waals surface area contributed by atoms with E-state index in [2.05, 4.69) is 0 Å². The van der Waals surface area contributed by atoms with Crippen molar-refractivity contribution in [3.8, 4) is 5.75 Å². The van der Waals surface area contributed by atoms with Gasteiger partial charge in [0.25, 0.3) is 0 Å². The first-order chi connectivity index (χ1) is 10.4. The summed E-state index contributed by atoms with van der Waals surface area (Å²) in [6.45, 7) is 4.88. The van der Waals surface area contributed by atoms with Gasteiger partial charge >= 0.3 is 11.9 Å². The Bertz CT molecular complexity index is 601. The number of halogens is 2. The molecule has 1 aromatic rings. The summed E-state index contributed by atoms with van der Waals surface area (Å²) in [5, 5.41) is 8.93. The van der Waals surface area contributed by atoms with E-state index in [4.69, 9.17) is 9.84 Å². The Morgan fingerprint density at radius 1 is 1.35 bits per heavy atom. The van der Waals surface area contributed by atoms with Gasteiger partial charge in [0.15, 0.2) is 0 Å². The number of benzene rings is 1. The van der Waals surface area contributed by atoms with E-state index in [0.29, 0.717) is 5.75 Å². The molecule has 130 valence electrons. The topological polar surface area (TPSA) is 66.8 Å². The van der Waals surface area contributed by atoms with Gasteiger partial charge in [-0.15, -0.1) is 0 Å². The molecule has 1 aromatic carbocycles. The summed E-state index contributed by atoms with van der Waals surface area (Å²) in [4.78, 5) is 11.1. The summed E-state index contributed by atoms with van der Waals surface area (Å²) < 4.78 is 46.2. The highest BCUT2D eigenvalue weighted by molar-refractivity contribution is 7.84. The molecule has 0 aromatic heterocycles. The van der Waals surface area contributed by atoms with Gasteiger partial charge in [-0.05, 0) is 38.5 Å². The lowest BCUT2D eigenvalue weighted by Crippen LogP contribution is -2.47. The first kappa shape index (κ1) is 19.5. The summed E-state index contributed by atoms with van der Waals surface area (Å²) in [5.74, 6) is -6.09. The van der Waals surface area contributed by atoms with Crippen molar-refractivity contribution in [3.63, 3.8) is 0 Å². The molecule has 1 N–H and O–H groups in total. The third kappa shape index (κ3) is 4.26. The molecule has 0 aliphatic carbocycles. The largest absolute Gasteiger partial charge is 0.497 e. The molecule has 0 saturated carbocycles. The van der Waals surface area contributed by atoms with Crippen LogP contribution in [0.15, 0.2) is 24.3 Å². The molecule has 5 nitrogen and oxygen atoms in total. The first-order valence-electron chi connectivity index (χ1n) is 6.83. The van der Waals surface area contributed by atoms with Gasteiger partial charge in [0.2, 0.25) is 0 Å². The molecule has 0 fully saturated rings. The monoisotopic (exact) mass is 349 g/mol. The van der Waals surface area contributed by atoms with Gasteiger partial charge in [-0.1, -0.05) is 12.1 Å². The Labute approximate surface area is 136 Å². The van der Waals surface area contributed by atoms with Crippen LogP contribution in [0.2, 0.25) is 0 Å². The van der Waals surface area contributed by atoms with E-state index >= 15 is 0 Å². The number of alkyl halides is 2. The zero-order valence-electron chi connectivity index (χ0n) is 13.7. The molecule has 0 radical (unpaired) electrons. The van der Waals surface area contributed by atoms with Crippen molar-refractivity contribution in [2.45, 2.75) is 37.5 Å². The molecule has 0 saturated heterocycles. The Balaban J connectivity index is 3.44. The number of methoxy groups -OCH3 is 1. The predicted molar refractivity (Wildman–Crippen MR) is 84.0 cm³/mol. The highest BCUT2D eigenvalue weighted by Gasteiger charge is 2.52. The molecule has 0 spiro atoms. The average molecular weight is 349 g/mol. The van der Waals surface area contributed by atoms with Crippen molar-refractivity contribution in [1.82, 2.24) is 4.31 Å². The lowest BCUT2D eigenvalue weighted by atomic mass is 10.0. The number of carbonyl (C=O) groups is 1. The van der Waals surface area contributed by atoms with Crippen LogP contribution in [-0.4, -0.2) is 44.4 Å². The lowest BCUT2D eigenvalue weighted by molar-refractivity contribution is -0.172. The molecule has 0 unspecified atom stereocenters. The summed E-state index contributed by atoms with van der Waals surface area (Å²) in [6.07, 6.45) is 0. The second-order valence-corrected chi connectivity index (χ2v) is 8.31. The average Bonchev–Trinajstić information content (AvgIpc) is 2.45. The number of aliphatic carboxylic acids is 1. The normalized spacial score (nSPS) is 15.3. The summed E-state index contributed by atoms with van der Waals surface area (Å²) in [7, 11) is 0.765. The maximum Gasteiger partial charge on any atom is 0.376 e. The van der Waals surface area contributed by atoms with Gasteiger partial charge in [-0.2, -0.15) is 8.78 Å². The van der Waals surface area contributed by atoms with Crippen LogP contribution in [0.5, 0.6) is 5.75 Å². The number of carboxylic acid groups (broad SMARTS) is 1. The van der Waals surface area contributed by atoms with Crippen molar-refractivity contribution in [3.05, 3.63) is 29.8 Å². The van der Waals surface area contributed by atoms with Gasteiger partial charge in [-0.3, -0.25) is 0 Å². The van der Waals surface area contributed by atoms with Crippen LogP contribution < -0.4 is 4.74 Å². The van der Waals surface area contributed by atoms with E-state index in [-0.39, 0.29) is 5.56 Å². The maximum absolute atomic E-state index is 14.3. The van der Waals surface area contributed by atoms with Crippen molar-refractivity contribution in [2.75, 3.05) is 14.2 Å².